The SMILES string of the molecule is Cc1ccc2cc1-c1c(O)cc(O)cc1[C@H](C(=O)O)NC(=O)[C@H]1NC(=O)[C@@H]2NC(=O)[C@@H]2NC(=O)[C@H](CC(N)=O)NC(=O)[C@H](NC(=O)[C@@H](CC(C)C)N(C)C(=O)OCc3ccc(O[C@@H]4O[C@H](CO)[C@@H](O)[C@H](O)[C@H]4O)cc3)[C@H](O)c3ccc(c(Cl)c3)Oc3cc2cc(c3O[C@@H]2O[C@H](CO)[C@@H](O)[C@H](O)[C@H]2O[C@H]2C[C@](C)(NCc3ccc(-c4ccc(Cl)cc4)cc3)[C@@H](O)[C@H](C)O2)Oc2ccc(cc2Cl)[C@H]1O[C@H]1C[C@](C)(N)[C@@H](O)[C@H](C)O1. The van der Waals surface area contributed by atoms with Crippen LogP contribution in [0.5, 0.6) is 46.0 Å². The van der Waals surface area contributed by atoms with Crippen LogP contribution < -0.4 is 67.6 Å². The van der Waals surface area contributed by atoms with Crippen LogP contribution in [-0.4, -0.2) is 279 Å². The van der Waals surface area contributed by atoms with Crippen molar-refractivity contribution in [2.24, 2.45) is 17.4 Å². The van der Waals surface area contributed by atoms with Crippen LogP contribution in [0.15, 0.2) is 152 Å². The topological polar surface area (TPSA) is 658 Å². The Morgan fingerprint density at radius 3 is 1.77 bits per heavy atom. The van der Waals surface area contributed by atoms with Crippen molar-refractivity contribution < 1.29 is 162 Å². The zero-order chi connectivity index (χ0) is 106. The Morgan fingerprint density at radius 1 is 0.585 bits per heavy atom. The molecule has 9 aliphatic rings. The Morgan fingerprint density at radius 2 is 1.16 bits per heavy atom. The zero-order valence-corrected chi connectivity index (χ0v) is 82.6. The Balaban J connectivity index is 0.866. The van der Waals surface area contributed by atoms with Crippen molar-refractivity contribution in [3.8, 4) is 68.2 Å². The van der Waals surface area contributed by atoms with Gasteiger partial charge < -0.3 is 167 Å². The number of hydrogen-bond donors (Lipinski definition) is 22. The molecule has 46 heteroatoms. The number of likely N-dealkylation sites (N-methyl/N-ethyl adjacent to an activating group) is 1. The van der Waals surface area contributed by atoms with E-state index in [0.717, 1.165) is 64.1 Å². The molecule has 0 saturated carbocycles. The predicted molar refractivity (Wildman–Crippen MR) is 518 cm³/mol. The minimum absolute atomic E-state index is 0.0670. The lowest BCUT2D eigenvalue weighted by molar-refractivity contribution is -0.334. The molecule has 11 bridgehead atoms. The smallest absolute Gasteiger partial charge is 0.410 e. The van der Waals surface area contributed by atoms with Crippen molar-refractivity contribution in [3.63, 3.8) is 0 Å². The van der Waals surface area contributed by atoms with Crippen LogP contribution in [0.2, 0.25) is 15.1 Å². The summed E-state index contributed by atoms with van der Waals surface area (Å²) in [4.78, 5) is 139. The van der Waals surface area contributed by atoms with Gasteiger partial charge in [-0.1, -0.05) is 121 Å². The first kappa shape index (κ1) is 109. The quantitative estimate of drug-likeness (QED) is 0.0400. The number of hydrogen-bond acceptors (Lipinski definition) is 34. The van der Waals surface area contributed by atoms with E-state index in [2.05, 4.69) is 37.2 Å². The number of aryl methyl sites for hydroxylation is 1. The highest BCUT2D eigenvalue weighted by atomic mass is 35.5. The molecule has 8 aromatic carbocycles. The number of nitrogens with one attached hydrogen (secondary N) is 7. The molecule has 0 unspecified atom stereocenters. The normalized spacial score (nSPS) is 30.1. The Bertz CT molecular complexity index is 6220. The highest BCUT2D eigenvalue weighted by Gasteiger charge is 2.54. The van der Waals surface area contributed by atoms with E-state index in [-0.39, 0.29) is 64.9 Å². The first-order valence-corrected chi connectivity index (χ1v) is 48.2. The lowest BCUT2D eigenvalue weighted by Crippen LogP contribution is -2.65. The highest BCUT2D eigenvalue weighted by molar-refractivity contribution is 6.32. The molecule has 9 heterocycles. The standard InChI is InChI=1S/C101H115Cl3N10O33/c1-42(2)27-62(114(8)99(136)137-41-47-12-23-56(24-13-47)140-97-84(125)82(123)80(121)68(39-115)143-97)91(129)112-77-79(120)51-19-25-64(59(103)29-51)141-66-31-53-32-67(86(66)147-98-87(83(124)81(122)69(40-116)144-98)146-72-37-101(7,89(127)45(5)139-72)107-38-46-10-15-48(16-11-46)49-17-21-54(102)22-18-49)142-65-26-20-52(30-60(65)104)85(145-71-36-100(6,106)88(126)44(4)138-71)78-95(133)111-76(96(134)135)58-33-55(117)34-63(118)73(58)57-28-50(14-9-43(57)3)74(92(130)113-78)110-93(131)75(53)109-90(128)61(35-70(105)119)108-94(77)132/h9-26,28-34,42,44-45,61-62,68-69,71-72,74-85,87-89,97-98,107,115-118,120-127H,27,35-41,106H2,1-8H3,(H2,105,119)(H,108,132)(H,109,128)(H,110,131)(H,111,133)(H,112,129)(H,113,130)(H,134,135)/t44-,45-,61-,62+,68+,69+,71-,72-,74+,75+,76+,77+,78-,79+,80+,81+,82-,83-,84+,85+,87+,88-,89-,97+,98-,100-,101-/m0/s1. The molecule has 147 heavy (non-hydrogen) atoms. The van der Waals surface area contributed by atoms with E-state index in [4.69, 9.17) is 98.4 Å². The number of carboxylic acids is 1. The van der Waals surface area contributed by atoms with Gasteiger partial charge in [-0.15, -0.1) is 0 Å². The van der Waals surface area contributed by atoms with Crippen LogP contribution in [0.3, 0.4) is 0 Å². The van der Waals surface area contributed by atoms with Crippen LogP contribution in [-0.2, 0) is 84.7 Å². The van der Waals surface area contributed by atoms with E-state index in [1.165, 1.54) is 88.5 Å². The molecule has 0 aliphatic carbocycles. The molecule has 24 N–H and O–H groups in total. The van der Waals surface area contributed by atoms with Crippen LogP contribution in [0.25, 0.3) is 22.3 Å². The predicted octanol–water partition coefficient (Wildman–Crippen LogP) is 4.33. The lowest BCUT2D eigenvalue weighted by Gasteiger charge is -2.48. The molecule has 8 aromatic rings. The fourth-order valence-corrected chi connectivity index (χ4v) is 19.3. The number of nitrogens with zero attached hydrogens (tertiary/aromatic N) is 1. The number of nitrogens with two attached hydrogens (primary N) is 2. The van der Waals surface area contributed by atoms with E-state index in [0.29, 0.717) is 10.6 Å². The van der Waals surface area contributed by atoms with E-state index in [9.17, 15) is 80.8 Å². The van der Waals surface area contributed by atoms with Gasteiger partial charge in [-0.3, -0.25) is 38.5 Å². The van der Waals surface area contributed by atoms with E-state index >= 15 is 28.8 Å². The molecule has 788 valence electrons. The molecule has 0 aromatic heterocycles. The minimum atomic E-state index is -2.45. The number of halogens is 3. The van der Waals surface area contributed by atoms with Gasteiger partial charge in [0.05, 0.1) is 54.1 Å². The monoisotopic (exact) mass is 2100 g/mol. The van der Waals surface area contributed by atoms with Gasteiger partial charge in [0.25, 0.3) is 0 Å². The average molecular weight is 2100 g/mol. The summed E-state index contributed by atoms with van der Waals surface area (Å²) in [5.41, 5.74) is 10.9. The van der Waals surface area contributed by atoms with Crippen molar-refractivity contribution in [2.75, 3.05) is 20.3 Å². The van der Waals surface area contributed by atoms with Crippen molar-refractivity contribution >= 4 is 88.2 Å². The zero-order valence-electron chi connectivity index (χ0n) is 80.3. The number of carbonyl (C=O) groups excluding carboxylic acids is 8. The summed E-state index contributed by atoms with van der Waals surface area (Å²) in [6.45, 7) is 9.03. The van der Waals surface area contributed by atoms with Gasteiger partial charge in [-0.2, -0.15) is 0 Å². The van der Waals surface area contributed by atoms with Gasteiger partial charge in [0.2, 0.25) is 59.7 Å². The maximum absolute atomic E-state index is 16.8. The summed E-state index contributed by atoms with van der Waals surface area (Å²) in [6, 6.07) is 20.0. The summed E-state index contributed by atoms with van der Waals surface area (Å²) in [6.07, 6.45) is -33.2. The second kappa shape index (κ2) is 45.4. The number of phenolic OH excluding ortho intramolecular Hbond substituents is 2. The van der Waals surface area contributed by atoms with Crippen molar-refractivity contribution in [1.82, 2.24) is 42.1 Å². The molecule has 8 amide bonds. The number of carbonyl (C=O) groups is 9. The summed E-state index contributed by atoms with van der Waals surface area (Å²) >= 11 is 21.0. The van der Waals surface area contributed by atoms with E-state index in [1.807, 2.05) is 36.4 Å². The molecule has 9 aliphatic heterocycles. The fourth-order valence-electron chi connectivity index (χ4n) is 18.7. The van der Waals surface area contributed by atoms with Gasteiger partial charge in [0.15, 0.2) is 36.2 Å². The number of aromatic hydroxyl groups is 2. The highest BCUT2D eigenvalue weighted by Crippen LogP contribution is 2.51. The van der Waals surface area contributed by atoms with Crippen LogP contribution >= 0.6 is 34.8 Å². The fraction of sp³-hybridized carbons (Fsp3) is 0.436. The van der Waals surface area contributed by atoms with Gasteiger partial charge >= 0.3 is 12.1 Å². The number of rotatable bonds is 24. The van der Waals surface area contributed by atoms with Crippen LogP contribution in [0, 0.1) is 12.8 Å². The van der Waals surface area contributed by atoms with E-state index < -0.39 is 311 Å². The summed E-state index contributed by atoms with van der Waals surface area (Å²) in [7, 11) is 1.19. The summed E-state index contributed by atoms with van der Waals surface area (Å²) in [5, 5.41) is 166. The molecular formula is C101H115Cl3N10O33. The summed E-state index contributed by atoms with van der Waals surface area (Å²) in [5.74, 6) is -16.2. The van der Waals surface area contributed by atoms with Crippen molar-refractivity contribution in [2.45, 2.75) is 251 Å². The second-order valence-electron chi connectivity index (χ2n) is 38.3. The number of phenols is 2. The second-order valence-corrected chi connectivity index (χ2v) is 39.6. The van der Waals surface area contributed by atoms with Crippen molar-refractivity contribution in [1.29, 1.82) is 0 Å². The number of amides is 8. The maximum Gasteiger partial charge on any atom is 0.410 e. The first-order chi connectivity index (χ1) is 69.7. The number of primary amides is 1. The number of ether oxygens (including phenoxy) is 11. The third-order valence-electron chi connectivity index (χ3n) is 26.9. The molecule has 4 saturated heterocycles. The first-order valence-electron chi connectivity index (χ1n) is 47.1. The molecule has 43 nitrogen and oxygen atoms in total. The number of aliphatic hydroxyl groups is 10. The van der Waals surface area contributed by atoms with Gasteiger partial charge in [0.1, 0.15) is 127 Å². The Labute approximate surface area is 855 Å². The Kier molecular flexibility index (Phi) is 33.7. The lowest BCUT2D eigenvalue weighted by atomic mass is 9.84. The molecule has 0 radical (unpaired) electrons. The minimum Gasteiger partial charge on any atom is -0.508 e. The number of aliphatic hydroxyl groups excluding tert-OH is 10. The van der Waals surface area contributed by atoms with Gasteiger partial charge in [0, 0.05) is 59.7 Å². The third kappa shape index (κ3) is 24.2. The average Bonchev–Trinajstić information content (AvgIpc) is 0.755. The third-order valence-corrected chi connectivity index (χ3v) is 27.8. The molecule has 0 spiro atoms. The number of benzene rings is 8. The molecule has 4 fully saturated rings. The molecular weight excluding hydrogens is 1990 g/mol. The molecule has 17 rings (SSSR count). The number of carboxylic acid groups (broad SMARTS) is 1. The Hall–Kier alpha value is -12.3. The van der Waals surface area contributed by atoms with Gasteiger partial charge in [-0.05, 0) is 175 Å². The maximum atomic E-state index is 16.8. The largest absolute Gasteiger partial charge is 0.508 e. The van der Waals surface area contributed by atoms with Crippen LogP contribution in [0.1, 0.15) is 142 Å². The summed E-state index contributed by atoms with van der Waals surface area (Å²) < 4.78 is 70.2. The van der Waals surface area contributed by atoms with E-state index in [1.54, 1.807) is 39.8 Å². The van der Waals surface area contributed by atoms with Crippen molar-refractivity contribution in [3.05, 3.63) is 211 Å². The number of aliphatic carboxylic acids is 1. The van der Waals surface area contributed by atoms with Crippen LogP contribution in [0.4, 0.5) is 4.79 Å². The number of fused-ring (bicyclic) bond motifs is 15. The van der Waals surface area contributed by atoms with Gasteiger partial charge in [-0.25, -0.2) is 9.59 Å². The molecule has 27 atom stereocenters.